The number of carbonyl (C=O) groups is 1. The lowest BCUT2D eigenvalue weighted by molar-refractivity contribution is 0.0531. The van der Waals surface area contributed by atoms with E-state index in [4.69, 9.17) is 4.74 Å². The van der Waals surface area contributed by atoms with Gasteiger partial charge in [-0.1, -0.05) is 0 Å². The molecule has 0 radical (unpaired) electrons. The van der Waals surface area contributed by atoms with Crippen molar-refractivity contribution >= 4 is 44.7 Å². The molecular formula is C17H19N3O2S2. The highest BCUT2D eigenvalue weighted by Crippen LogP contribution is 2.35. The fraction of sp³-hybridized carbons (Fsp3) is 0.353. The smallest absolute Gasteiger partial charge is 0.348 e. The summed E-state index contributed by atoms with van der Waals surface area (Å²) in [4.78, 5) is 25.8. The summed E-state index contributed by atoms with van der Waals surface area (Å²) in [5, 5.41) is 3.03. The molecule has 0 saturated carbocycles. The van der Waals surface area contributed by atoms with E-state index in [1.807, 2.05) is 20.9 Å². The number of esters is 1. The van der Waals surface area contributed by atoms with Crippen molar-refractivity contribution < 1.29 is 9.53 Å². The van der Waals surface area contributed by atoms with Gasteiger partial charge in [-0.3, -0.25) is 0 Å². The number of anilines is 1. The number of thiophene rings is 2. The van der Waals surface area contributed by atoms with E-state index in [1.165, 1.54) is 21.8 Å². The number of hydrogen-bond donors (Lipinski definition) is 0. The van der Waals surface area contributed by atoms with Crippen LogP contribution in [0.15, 0.2) is 17.8 Å². The molecule has 0 spiro atoms. The summed E-state index contributed by atoms with van der Waals surface area (Å²) in [6, 6.07) is 2.12. The molecule has 0 aromatic carbocycles. The molecule has 0 unspecified atom stereocenters. The molecule has 0 atom stereocenters. The van der Waals surface area contributed by atoms with E-state index in [1.54, 1.807) is 17.7 Å². The fourth-order valence-electron chi connectivity index (χ4n) is 2.59. The fourth-order valence-corrected chi connectivity index (χ4v) is 4.59. The largest absolute Gasteiger partial charge is 0.462 e. The van der Waals surface area contributed by atoms with Crippen LogP contribution in [0.5, 0.6) is 0 Å². The standard InChI is InChI=1S/C17H19N3O2S2/c1-5-22-17(21)14-11(3)13-15(18-9-19-16(13)24-14)20(4)8-12-10(2)6-7-23-12/h6-7,9H,5,8H2,1-4H3. The number of nitrogens with zero attached hydrogens (tertiary/aromatic N) is 3. The maximum absolute atomic E-state index is 12.1. The molecule has 3 aromatic heterocycles. The second-order valence-electron chi connectivity index (χ2n) is 5.54. The van der Waals surface area contributed by atoms with Crippen molar-refractivity contribution in [1.82, 2.24) is 9.97 Å². The molecule has 0 aliphatic rings. The van der Waals surface area contributed by atoms with Crippen molar-refractivity contribution in [3.8, 4) is 0 Å². The Balaban J connectivity index is 2.02. The second-order valence-corrected chi connectivity index (χ2v) is 7.54. The zero-order valence-corrected chi connectivity index (χ0v) is 15.8. The Morgan fingerprint density at radius 2 is 2.12 bits per heavy atom. The molecule has 0 saturated heterocycles. The van der Waals surface area contributed by atoms with Gasteiger partial charge in [0.05, 0.1) is 18.5 Å². The summed E-state index contributed by atoms with van der Waals surface area (Å²) in [6.45, 7) is 7.00. The molecule has 5 nitrogen and oxygen atoms in total. The Kier molecular flexibility index (Phi) is 4.82. The van der Waals surface area contributed by atoms with Gasteiger partial charge < -0.3 is 9.64 Å². The van der Waals surface area contributed by atoms with Crippen LogP contribution in [0.3, 0.4) is 0 Å². The SMILES string of the molecule is CCOC(=O)c1sc2ncnc(N(C)Cc3sccc3C)c2c1C. The van der Waals surface area contributed by atoms with Gasteiger partial charge in [-0.25, -0.2) is 14.8 Å². The highest BCUT2D eigenvalue weighted by atomic mass is 32.1. The number of hydrogen-bond acceptors (Lipinski definition) is 7. The molecule has 3 aromatic rings. The first-order valence-corrected chi connectivity index (χ1v) is 9.37. The third-order valence-electron chi connectivity index (χ3n) is 3.88. The molecule has 3 heterocycles. The summed E-state index contributed by atoms with van der Waals surface area (Å²) in [7, 11) is 2.02. The van der Waals surface area contributed by atoms with Gasteiger partial charge in [0, 0.05) is 11.9 Å². The number of fused-ring (bicyclic) bond motifs is 1. The van der Waals surface area contributed by atoms with Gasteiger partial charge in [0.25, 0.3) is 0 Å². The number of ether oxygens (including phenoxy) is 1. The Labute approximate surface area is 148 Å². The minimum atomic E-state index is -0.291. The zero-order chi connectivity index (χ0) is 17.3. The van der Waals surface area contributed by atoms with Gasteiger partial charge in [0.1, 0.15) is 21.9 Å². The summed E-state index contributed by atoms with van der Waals surface area (Å²) in [5.41, 5.74) is 2.17. The summed E-state index contributed by atoms with van der Waals surface area (Å²) >= 11 is 3.11. The van der Waals surface area contributed by atoms with Gasteiger partial charge in [-0.15, -0.1) is 22.7 Å². The molecule has 0 bridgehead atoms. The topological polar surface area (TPSA) is 55.3 Å². The lowest BCUT2D eigenvalue weighted by atomic mass is 10.2. The maximum Gasteiger partial charge on any atom is 0.348 e. The first-order valence-electron chi connectivity index (χ1n) is 7.68. The normalized spacial score (nSPS) is 11.0. The molecule has 0 N–H and O–H groups in total. The highest BCUT2D eigenvalue weighted by molar-refractivity contribution is 7.20. The number of rotatable bonds is 5. The van der Waals surface area contributed by atoms with Gasteiger partial charge in [0.2, 0.25) is 0 Å². The van der Waals surface area contributed by atoms with Crippen LogP contribution in [-0.2, 0) is 11.3 Å². The van der Waals surface area contributed by atoms with Crippen LogP contribution in [-0.4, -0.2) is 29.6 Å². The van der Waals surface area contributed by atoms with E-state index < -0.39 is 0 Å². The molecule has 126 valence electrons. The molecule has 7 heteroatoms. The van der Waals surface area contributed by atoms with E-state index in [0.717, 1.165) is 28.1 Å². The summed E-state index contributed by atoms with van der Waals surface area (Å²) < 4.78 is 5.15. The summed E-state index contributed by atoms with van der Waals surface area (Å²) in [6.07, 6.45) is 1.56. The lowest BCUT2D eigenvalue weighted by Gasteiger charge is -2.19. The van der Waals surface area contributed by atoms with E-state index >= 15 is 0 Å². The average molecular weight is 361 g/mol. The highest BCUT2D eigenvalue weighted by Gasteiger charge is 2.21. The van der Waals surface area contributed by atoms with Crippen molar-refractivity contribution in [3.63, 3.8) is 0 Å². The van der Waals surface area contributed by atoms with Crippen molar-refractivity contribution in [2.45, 2.75) is 27.3 Å². The maximum atomic E-state index is 12.1. The monoisotopic (exact) mass is 361 g/mol. The zero-order valence-electron chi connectivity index (χ0n) is 14.1. The van der Waals surface area contributed by atoms with Gasteiger partial charge in [-0.2, -0.15) is 0 Å². The minimum Gasteiger partial charge on any atom is -0.462 e. The molecular weight excluding hydrogens is 342 g/mol. The second kappa shape index (κ2) is 6.86. The Morgan fingerprint density at radius 3 is 2.79 bits per heavy atom. The Hall–Kier alpha value is -1.99. The van der Waals surface area contributed by atoms with Gasteiger partial charge in [0.15, 0.2) is 0 Å². The molecule has 0 aliphatic heterocycles. The van der Waals surface area contributed by atoms with Crippen LogP contribution in [0, 0.1) is 13.8 Å². The van der Waals surface area contributed by atoms with E-state index in [0.29, 0.717) is 11.5 Å². The van der Waals surface area contributed by atoms with Crippen molar-refractivity contribution in [3.05, 3.63) is 38.7 Å². The quantitative estimate of drug-likeness (QED) is 0.638. The van der Waals surface area contributed by atoms with Crippen LogP contribution in [0.1, 0.15) is 32.6 Å². The number of carbonyl (C=O) groups excluding carboxylic acids is 1. The Morgan fingerprint density at radius 1 is 1.33 bits per heavy atom. The predicted molar refractivity (Wildman–Crippen MR) is 99.3 cm³/mol. The summed E-state index contributed by atoms with van der Waals surface area (Å²) in [5.74, 6) is 0.554. The molecule has 24 heavy (non-hydrogen) atoms. The third kappa shape index (κ3) is 3.01. The van der Waals surface area contributed by atoms with E-state index in [9.17, 15) is 4.79 Å². The first kappa shape index (κ1) is 16.9. The molecule has 0 amide bonds. The van der Waals surface area contributed by atoms with E-state index in [-0.39, 0.29) is 5.97 Å². The average Bonchev–Trinajstić information content (AvgIpc) is 3.11. The van der Waals surface area contributed by atoms with Crippen LogP contribution >= 0.6 is 22.7 Å². The van der Waals surface area contributed by atoms with Crippen LogP contribution in [0.25, 0.3) is 10.2 Å². The van der Waals surface area contributed by atoms with Crippen molar-refractivity contribution in [1.29, 1.82) is 0 Å². The van der Waals surface area contributed by atoms with Gasteiger partial charge in [-0.05, 0) is 43.3 Å². The van der Waals surface area contributed by atoms with Gasteiger partial charge >= 0.3 is 5.97 Å². The molecule has 0 fully saturated rings. The first-order chi connectivity index (χ1) is 11.5. The predicted octanol–water partition coefficient (Wildman–Crippen LogP) is 4.18. The van der Waals surface area contributed by atoms with Crippen LogP contribution in [0.4, 0.5) is 5.82 Å². The minimum absolute atomic E-state index is 0.291. The number of aryl methyl sites for hydroxylation is 2. The van der Waals surface area contributed by atoms with Crippen molar-refractivity contribution in [2.24, 2.45) is 0 Å². The van der Waals surface area contributed by atoms with Crippen LogP contribution in [0.2, 0.25) is 0 Å². The third-order valence-corrected chi connectivity index (χ3v) is 6.07. The van der Waals surface area contributed by atoms with Crippen LogP contribution < -0.4 is 4.90 Å². The Bertz CT molecular complexity index is 885. The van der Waals surface area contributed by atoms with Crippen molar-refractivity contribution in [2.75, 3.05) is 18.6 Å². The lowest BCUT2D eigenvalue weighted by Crippen LogP contribution is -2.18. The number of aromatic nitrogens is 2. The molecule has 0 aliphatic carbocycles. The molecule has 3 rings (SSSR count). The van der Waals surface area contributed by atoms with E-state index in [2.05, 4.69) is 33.2 Å².